The number of imidazole rings is 1. The third-order valence-electron chi connectivity index (χ3n) is 7.44. The van der Waals surface area contributed by atoms with Crippen LogP contribution in [0.15, 0.2) is 85.3 Å². The number of halogens is 1. The Morgan fingerprint density at radius 1 is 0.976 bits per heavy atom. The average molecular weight is 567 g/mol. The zero-order chi connectivity index (χ0) is 29.8. The van der Waals surface area contributed by atoms with E-state index in [4.69, 9.17) is 0 Å². The monoisotopic (exact) mass is 566 g/mol. The topological polar surface area (TPSA) is 103 Å². The molecule has 0 bridgehead atoms. The summed E-state index contributed by atoms with van der Waals surface area (Å²) in [6.45, 7) is 10.6. The fraction of sp³-hybridized carbons (Fsp3) is 0.273. The van der Waals surface area contributed by atoms with E-state index in [-0.39, 0.29) is 35.4 Å². The van der Waals surface area contributed by atoms with E-state index in [0.29, 0.717) is 12.2 Å². The number of benzene rings is 2. The summed E-state index contributed by atoms with van der Waals surface area (Å²) in [4.78, 5) is 39.4. The number of anilines is 1. The molecule has 0 radical (unpaired) electrons. The largest absolute Gasteiger partial charge is 0.378 e. The second-order valence-corrected chi connectivity index (χ2v) is 11.0. The van der Waals surface area contributed by atoms with Crippen LogP contribution in [0, 0.1) is 11.9 Å². The normalized spacial score (nSPS) is 15.5. The molecule has 1 fully saturated rings. The molecule has 3 heterocycles. The van der Waals surface area contributed by atoms with Crippen molar-refractivity contribution in [1.82, 2.24) is 25.2 Å². The Kier molecular flexibility index (Phi) is 8.47. The fourth-order valence-electron chi connectivity index (χ4n) is 5.23. The van der Waals surface area contributed by atoms with Crippen molar-refractivity contribution in [2.24, 2.45) is 5.92 Å². The number of aromatic amines is 1. The van der Waals surface area contributed by atoms with Crippen molar-refractivity contribution in [2.75, 3.05) is 11.9 Å². The van der Waals surface area contributed by atoms with Crippen molar-refractivity contribution in [1.29, 1.82) is 0 Å². The third-order valence-corrected chi connectivity index (χ3v) is 7.44. The molecule has 0 spiro atoms. The second-order valence-electron chi connectivity index (χ2n) is 11.0. The molecule has 3 N–H and O–H groups in total. The Bertz CT molecular complexity index is 1560. The van der Waals surface area contributed by atoms with Crippen molar-refractivity contribution < 1.29 is 14.0 Å². The van der Waals surface area contributed by atoms with Gasteiger partial charge < -0.3 is 20.5 Å². The van der Waals surface area contributed by atoms with E-state index in [0.717, 1.165) is 52.8 Å². The van der Waals surface area contributed by atoms with Gasteiger partial charge in [-0.25, -0.2) is 9.97 Å². The van der Waals surface area contributed by atoms with Crippen LogP contribution >= 0.6 is 0 Å². The molecule has 1 aliphatic heterocycles. The van der Waals surface area contributed by atoms with Crippen LogP contribution in [0.5, 0.6) is 0 Å². The van der Waals surface area contributed by atoms with Crippen LogP contribution in [-0.2, 0) is 4.79 Å². The number of amides is 2. The number of aromatic nitrogens is 3. The second kappa shape index (κ2) is 12.4. The van der Waals surface area contributed by atoms with Gasteiger partial charge in [0, 0.05) is 24.1 Å². The van der Waals surface area contributed by atoms with Crippen molar-refractivity contribution in [3.8, 4) is 22.4 Å². The number of likely N-dealkylation sites (tertiary alicyclic amines) is 1. The lowest BCUT2D eigenvalue weighted by molar-refractivity contribution is -0.135. The van der Waals surface area contributed by atoms with Crippen molar-refractivity contribution in [3.05, 3.63) is 103 Å². The Morgan fingerprint density at radius 2 is 1.64 bits per heavy atom. The molecule has 1 saturated heterocycles. The van der Waals surface area contributed by atoms with Crippen LogP contribution in [0.4, 0.5) is 10.1 Å². The highest BCUT2D eigenvalue weighted by molar-refractivity contribution is 6.04. The lowest BCUT2D eigenvalue weighted by Crippen LogP contribution is -2.48. The van der Waals surface area contributed by atoms with E-state index < -0.39 is 5.95 Å². The van der Waals surface area contributed by atoms with Gasteiger partial charge in [0.05, 0.1) is 23.5 Å². The van der Waals surface area contributed by atoms with Gasteiger partial charge in [-0.15, -0.1) is 0 Å². The number of allylic oxidation sites excluding steroid dienone is 1. The Balaban J connectivity index is 1.25. The average Bonchev–Trinajstić information content (AvgIpc) is 3.66. The van der Waals surface area contributed by atoms with Gasteiger partial charge in [0.15, 0.2) is 0 Å². The van der Waals surface area contributed by atoms with Gasteiger partial charge in [0.2, 0.25) is 11.9 Å². The molecule has 9 heteroatoms. The van der Waals surface area contributed by atoms with Crippen LogP contribution in [-0.4, -0.2) is 44.3 Å². The smallest absolute Gasteiger partial charge is 0.257 e. The van der Waals surface area contributed by atoms with Gasteiger partial charge in [-0.3, -0.25) is 9.59 Å². The molecule has 2 amide bonds. The predicted molar refractivity (Wildman–Crippen MR) is 162 cm³/mol. The highest BCUT2D eigenvalue weighted by Gasteiger charge is 2.36. The van der Waals surface area contributed by atoms with E-state index >= 15 is 0 Å². The van der Waals surface area contributed by atoms with Crippen molar-refractivity contribution in [2.45, 2.75) is 45.7 Å². The molecule has 0 unspecified atom stereocenters. The molecule has 4 aromatic rings. The first-order valence-electron chi connectivity index (χ1n) is 14.1. The first-order valence-corrected chi connectivity index (χ1v) is 14.1. The van der Waals surface area contributed by atoms with Crippen molar-refractivity contribution in [3.63, 3.8) is 0 Å². The quantitative estimate of drug-likeness (QED) is 0.205. The van der Waals surface area contributed by atoms with Crippen LogP contribution in [0.25, 0.3) is 22.4 Å². The van der Waals surface area contributed by atoms with Crippen LogP contribution in [0.1, 0.15) is 55.8 Å². The summed E-state index contributed by atoms with van der Waals surface area (Å²) in [6.07, 6.45) is 4.83. The van der Waals surface area contributed by atoms with Gasteiger partial charge in [0.1, 0.15) is 11.9 Å². The molecule has 2 atom stereocenters. The van der Waals surface area contributed by atoms with Gasteiger partial charge in [0.25, 0.3) is 5.91 Å². The molecular weight excluding hydrogens is 531 g/mol. The number of carbonyl (C=O) groups is 2. The minimum Gasteiger partial charge on any atom is -0.378 e. The molecule has 2 aromatic carbocycles. The molecular formula is C33H35FN6O2. The minimum atomic E-state index is -0.630. The number of rotatable bonds is 9. The molecule has 1 aliphatic rings. The summed E-state index contributed by atoms with van der Waals surface area (Å²) < 4.78 is 13.0. The lowest BCUT2D eigenvalue weighted by Gasteiger charge is -2.31. The number of nitrogens with one attached hydrogen (secondary N) is 3. The van der Waals surface area contributed by atoms with Gasteiger partial charge in [-0.1, -0.05) is 56.8 Å². The maximum Gasteiger partial charge on any atom is 0.257 e. The zero-order valence-electron chi connectivity index (χ0n) is 24.0. The standard InChI is InChI=1S/C33H35FN6O2/c1-20(2)30(37-21(3)4)33(42)40-17-5-6-28(40)31-36-19-27(39-31)24-9-7-22(8-10-24)23-11-14-26(15-12-23)38-32(41)25-13-16-29(34)35-18-25/h7-16,18-20,28,30,37H,3,5-6,17H2,1-2,4H3,(H,36,39)(H,38,41)/t28-,30-/m0/s1. The van der Waals surface area contributed by atoms with E-state index in [1.807, 2.05) is 80.4 Å². The molecule has 5 rings (SSSR count). The first-order chi connectivity index (χ1) is 20.2. The van der Waals surface area contributed by atoms with Gasteiger partial charge >= 0.3 is 0 Å². The summed E-state index contributed by atoms with van der Waals surface area (Å²) in [6, 6.07) is 17.8. The summed E-state index contributed by atoms with van der Waals surface area (Å²) in [5, 5.41) is 6.05. The van der Waals surface area contributed by atoms with Crippen LogP contribution in [0.3, 0.4) is 0 Å². The van der Waals surface area contributed by atoms with Gasteiger partial charge in [-0.2, -0.15) is 4.39 Å². The zero-order valence-corrected chi connectivity index (χ0v) is 24.0. The number of hydrogen-bond acceptors (Lipinski definition) is 5. The maximum atomic E-state index is 13.5. The molecule has 42 heavy (non-hydrogen) atoms. The minimum absolute atomic E-state index is 0.0795. The van der Waals surface area contributed by atoms with Crippen molar-refractivity contribution >= 4 is 17.5 Å². The Hall–Kier alpha value is -4.79. The molecule has 0 aliphatic carbocycles. The SMILES string of the molecule is C=C(C)N[C@H](C(=O)N1CCC[C@H]1c1ncc(-c2ccc(-c3ccc(NC(=O)c4ccc(F)nc4)cc3)cc2)[nH]1)C(C)C. The van der Waals surface area contributed by atoms with E-state index in [1.165, 1.54) is 12.3 Å². The summed E-state index contributed by atoms with van der Waals surface area (Å²) >= 11 is 0. The Morgan fingerprint density at radius 3 is 2.26 bits per heavy atom. The number of nitrogens with zero attached hydrogens (tertiary/aromatic N) is 3. The number of pyridine rings is 1. The first kappa shape index (κ1) is 28.7. The highest BCUT2D eigenvalue weighted by Crippen LogP contribution is 2.33. The maximum absolute atomic E-state index is 13.5. The number of carbonyl (C=O) groups excluding carboxylic acids is 2. The molecule has 2 aromatic heterocycles. The number of H-pyrrole nitrogens is 1. The third kappa shape index (κ3) is 6.40. The fourth-order valence-corrected chi connectivity index (χ4v) is 5.23. The molecule has 0 saturated carbocycles. The Labute approximate surface area is 245 Å². The highest BCUT2D eigenvalue weighted by atomic mass is 19.1. The summed E-state index contributed by atoms with van der Waals surface area (Å²) in [5.41, 5.74) is 5.60. The van der Waals surface area contributed by atoms with Crippen LogP contribution < -0.4 is 10.6 Å². The van der Waals surface area contributed by atoms with E-state index in [1.54, 1.807) is 0 Å². The van der Waals surface area contributed by atoms with Crippen LogP contribution in [0.2, 0.25) is 0 Å². The number of hydrogen-bond donors (Lipinski definition) is 3. The van der Waals surface area contributed by atoms with Gasteiger partial charge in [-0.05, 0) is 66.6 Å². The molecule has 216 valence electrons. The van der Waals surface area contributed by atoms with E-state index in [9.17, 15) is 14.0 Å². The van der Waals surface area contributed by atoms with E-state index in [2.05, 4.69) is 32.2 Å². The predicted octanol–water partition coefficient (Wildman–Crippen LogP) is 6.34. The lowest BCUT2D eigenvalue weighted by atomic mass is 10.0. The summed E-state index contributed by atoms with van der Waals surface area (Å²) in [5.74, 6) is 0.0268. The summed E-state index contributed by atoms with van der Waals surface area (Å²) in [7, 11) is 0. The molecule has 8 nitrogen and oxygen atoms in total.